The van der Waals surface area contributed by atoms with E-state index in [4.69, 9.17) is 5.73 Å². The van der Waals surface area contributed by atoms with Crippen LogP contribution in [0.3, 0.4) is 0 Å². The Hall–Kier alpha value is -1.88. The second-order valence-electron chi connectivity index (χ2n) is 4.79. The highest BCUT2D eigenvalue weighted by atomic mass is 16.4. The molecular formula is C14H18N2O3. The molecule has 0 fully saturated rings. The molecule has 0 aromatic heterocycles. The first kappa shape index (κ1) is 13.5. The summed E-state index contributed by atoms with van der Waals surface area (Å²) in [6, 6.07) is 6.55. The summed E-state index contributed by atoms with van der Waals surface area (Å²) >= 11 is 0. The fourth-order valence-electron chi connectivity index (χ4n) is 2.46. The van der Waals surface area contributed by atoms with Gasteiger partial charge in [-0.15, -0.1) is 0 Å². The Morgan fingerprint density at radius 1 is 1.47 bits per heavy atom. The van der Waals surface area contributed by atoms with Crippen molar-refractivity contribution in [1.82, 2.24) is 0 Å². The highest BCUT2D eigenvalue weighted by molar-refractivity contribution is 6.01. The molecule has 5 nitrogen and oxygen atoms in total. The Bertz CT molecular complexity index is 501. The minimum Gasteiger partial charge on any atom is -0.481 e. The fraction of sp³-hybridized carbons (Fsp3) is 0.429. The van der Waals surface area contributed by atoms with Crippen LogP contribution >= 0.6 is 0 Å². The van der Waals surface area contributed by atoms with E-state index < -0.39 is 17.9 Å². The van der Waals surface area contributed by atoms with Gasteiger partial charge in [0.1, 0.15) is 5.92 Å². The van der Waals surface area contributed by atoms with Gasteiger partial charge in [-0.25, -0.2) is 0 Å². The van der Waals surface area contributed by atoms with Crippen LogP contribution in [0.5, 0.6) is 0 Å². The molecule has 2 rings (SSSR count). The number of nitrogens with zero attached hydrogens (tertiary/aromatic N) is 1. The molecule has 0 saturated carbocycles. The molecule has 1 aliphatic heterocycles. The van der Waals surface area contributed by atoms with E-state index >= 15 is 0 Å². The number of carbonyl (C=O) groups excluding carboxylic acids is 1. The summed E-state index contributed by atoms with van der Waals surface area (Å²) in [6.07, 6.45) is 1.43. The number of aliphatic carboxylic acids is 1. The summed E-state index contributed by atoms with van der Waals surface area (Å²) < 4.78 is 0. The number of carbonyl (C=O) groups is 2. The van der Waals surface area contributed by atoms with Crippen LogP contribution in [0.4, 0.5) is 5.69 Å². The summed E-state index contributed by atoms with van der Waals surface area (Å²) in [6.45, 7) is 2.13. The van der Waals surface area contributed by atoms with E-state index in [1.165, 1.54) is 4.90 Å². The second-order valence-corrected chi connectivity index (χ2v) is 4.79. The molecule has 1 aromatic rings. The van der Waals surface area contributed by atoms with E-state index in [1.54, 1.807) is 24.3 Å². The quantitative estimate of drug-likeness (QED) is 0.857. The highest BCUT2D eigenvalue weighted by Gasteiger charge is 2.37. The lowest BCUT2D eigenvalue weighted by Gasteiger charge is -2.21. The third-order valence-corrected chi connectivity index (χ3v) is 3.45. The minimum absolute atomic E-state index is 0.172. The van der Waals surface area contributed by atoms with Crippen molar-refractivity contribution in [2.75, 3.05) is 11.4 Å². The van der Waals surface area contributed by atoms with Crippen LogP contribution in [0.1, 0.15) is 31.2 Å². The van der Waals surface area contributed by atoms with Gasteiger partial charge >= 0.3 is 5.97 Å². The standard InChI is InChI=1S/C14H18N2O3/c1-2-5-11(15)13(17)16-8-10(14(18)19)9-6-3-4-7-12(9)16/h3-4,6-7,10-11H,2,5,8,15H2,1H3,(H,18,19)/t10?,11-/m1/s1. The number of amides is 1. The van der Waals surface area contributed by atoms with Gasteiger partial charge in [0.25, 0.3) is 0 Å². The number of carboxylic acids is 1. The summed E-state index contributed by atoms with van der Waals surface area (Å²) in [7, 11) is 0. The Morgan fingerprint density at radius 2 is 2.16 bits per heavy atom. The van der Waals surface area contributed by atoms with Gasteiger partial charge < -0.3 is 15.7 Å². The van der Waals surface area contributed by atoms with Gasteiger partial charge in [-0.1, -0.05) is 31.5 Å². The molecule has 0 radical (unpaired) electrons. The molecular weight excluding hydrogens is 244 g/mol. The number of carboxylic acid groups (broad SMARTS) is 1. The molecule has 102 valence electrons. The Morgan fingerprint density at radius 3 is 2.79 bits per heavy atom. The van der Waals surface area contributed by atoms with Crippen molar-refractivity contribution in [3.05, 3.63) is 29.8 Å². The third kappa shape index (κ3) is 2.46. The normalized spacial score (nSPS) is 19.1. The van der Waals surface area contributed by atoms with Gasteiger partial charge in [0.2, 0.25) is 5.91 Å². The maximum absolute atomic E-state index is 12.3. The molecule has 1 aromatic carbocycles. The maximum atomic E-state index is 12.3. The lowest BCUT2D eigenvalue weighted by Crippen LogP contribution is -2.43. The zero-order chi connectivity index (χ0) is 14.0. The topological polar surface area (TPSA) is 83.6 Å². The average molecular weight is 262 g/mol. The van der Waals surface area contributed by atoms with Crippen molar-refractivity contribution in [2.24, 2.45) is 5.73 Å². The van der Waals surface area contributed by atoms with E-state index in [1.807, 2.05) is 6.92 Å². The molecule has 3 N–H and O–H groups in total. The van der Waals surface area contributed by atoms with Gasteiger partial charge in [0, 0.05) is 12.2 Å². The predicted molar refractivity (Wildman–Crippen MR) is 72.1 cm³/mol. The van der Waals surface area contributed by atoms with Crippen molar-refractivity contribution in [1.29, 1.82) is 0 Å². The lowest BCUT2D eigenvalue weighted by atomic mass is 10.0. The van der Waals surface area contributed by atoms with Crippen LogP contribution in [0.25, 0.3) is 0 Å². The van der Waals surface area contributed by atoms with Crippen molar-refractivity contribution < 1.29 is 14.7 Å². The Kier molecular flexibility index (Phi) is 3.85. The summed E-state index contributed by atoms with van der Waals surface area (Å²) in [4.78, 5) is 25.0. The molecule has 0 saturated heterocycles. The third-order valence-electron chi connectivity index (χ3n) is 3.45. The lowest BCUT2D eigenvalue weighted by molar-refractivity contribution is -0.138. The Labute approximate surface area is 112 Å². The van der Waals surface area contributed by atoms with Crippen molar-refractivity contribution in [3.8, 4) is 0 Å². The van der Waals surface area contributed by atoms with E-state index in [0.717, 1.165) is 6.42 Å². The number of hydrogen-bond acceptors (Lipinski definition) is 3. The van der Waals surface area contributed by atoms with Crippen LogP contribution in [0.15, 0.2) is 24.3 Å². The predicted octanol–water partition coefficient (Wildman–Crippen LogP) is 1.33. The van der Waals surface area contributed by atoms with Crippen molar-refractivity contribution >= 4 is 17.6 Å². The van der Waals surface area contributed by atoms with Gasteiger partial charge in [-0.05, 0) is 18.1 Å². The first-order chi connectivity index (χ1) is 9.06. The molecule has 1 aliphatic rings. The molecule has 1 unspecified atom stereocenters. The van der Waals surface area contributed by atoms with Crippen LogP contribution in [-0.4, -0.2) is 29.6 Å². The second kappa shape index (κ2) is 5.40. The number of nitrogens with two attached hydrogens (primary N) is 1. The summed E-state index contributed by atoms with van der Waals surface area (Å²) in [5, 5.41) is 9.23. The number of para-hydroxylation sites is 1. The van der Waals surface area contributed by atoms with Gasteiger partial charge in [-0.3, -0.25) is 9.59 Å². The van der Waals surface area contributed by atoms with Crippen LogP contribution in [-0.2, 0) is 9.59 Å². The molecule has 5 heteroatoms. The van der Waals surface area contributed by atoms with Crippen LogP contribution in [0, 0.1) is 0 Å². The molecule has 1 amide bonds. The first-order valence-electron chi connectivity index (χ1n) is 6.45. The molecule has 0 bridgehead atoms. The maximum Gasteiger partial charge on any atom is 0.312 e. The highest BCUT2D eigenvalue weighted by Crippen LogP contribution is 2.36. The average Bonchev–Trinajstić information content (AvgIpc) is 2.78. The smallest absolute Gasteiger partial charge is 0.312 e. The summed E-state index contributed by atoms with van der Waals surface area (Å²) in [5.41, 5.74) is 7.21. The van der Waals surface area contributed by atoms with Crippen LogP contribution in [0.2, 0.25) is 0 Å². The number of fused-ring (bicyclic) bond motifs is 1. The van der Waals surface area contributed by atoms with Gasteiger partial charge in [-0.2, -0.15) is 0 Å². The van der Waals surface area contributed by atoms with Crippen LogP contribution < -0.4 is 10.6 Å². The molecule has 0 spiro atoms. The number of rotatable bonds is 4. The number of hydrogen-bond donors (Lipinski definition) is 2. The van der Waals surface area contributed by atoms with E-state index in [9.17, 15) is 14.7 Å². The number of anilines is 1. The van der Waals surface area contributed by atoms with Crippen molar-refractivity contribution in [2.45, 2.75) is 31.7 Å². The largest absolute Gasteiger partial charge is 0.481 e. The van der Waals surface area contributed by atoms with E-state index in [2.05, 4.69) is 0 Å². The molecule has 19 heavy (non-hydrogen) atoms. The fourth-order valence-corrected chi connectivity index (χ4v) is 2.46. The number of benzene rings is 1. The zero-order valence-electron chi connectivity index (χ0n) is 10.9. The van der Waals surface area contributed by atoms with E-state index in [0.29, 0.717) is 17.7 Å². The minimum atomic E-state index is -0.910. The first-order valence-corrected chi connectivity index (χ1v) is 6.45. The molecule has 0 aliphatic carbocycles. The van der Waals surface area contributed by atoms with Gasteiger partial charge in [0.05, 0.1) is 6.04 Å². The monoisotopic (exact) mass is 262 g/mol. The zero-order valence-corrected chi connectivity index (χ0v) is 10.9. The van der Waals surface area contributed by atoms with Crippen molar-refractivity contribution in [3.63, 3.8) is 0 Å². The van der Waals surface area contributed by atoms with Gasteiger partial charge in [0.15, 0.2) is 0 Å². The SMILES string of the molecule is CCC[C@@H](N)C(=O)N1CC(C(=O)O)c2ccccc21. The van der Waals surface area contributed by atoms with E-state index in [-0.39, 0.29) is 12.5 Å². The molecule has 2 atom stereocenters. The molecule has 1 heterocycles. The Balaban J connectivity index is 2.30. The summed E-state index contributed by atoms with van der Waals surface area (Å²) in [5.74, 6) is -1.76.